The highest BCUT2D eigenvalue weighted by Gasteiger charge is 2.21. The van der Waals surface area contributed by atoms with Crippen molar-refractivity contribution in [2.75, 3.05) is 7.11 Å². The maximum atomic E-state index is 11.3. The molecule has 16 heavy (non-hydrogen) atoms. The minimum absolute atomic E-state index is 0.0406. The molecule has 84 valence electrons. The van der Waals surface area contributed by atoms with E-state index in [1.165, 1.54) is 6.08 Å². The Labute approximate surface area is 94.4 Å². The van der Waals surface area contributed by atoms with Crippen molar-refractivity contribution in [2.45, 2.75) is 18.8 Å². The Hall–Kier alpha value is -1.77. The SMILES string of the molecule is COc1ccccc1C1CC(=O)C=C([O-])C1. The summed E-state index contributed by atoms with van der Waals surface area (Å²) in [5, 5.41) is 11.3. The Morgan fingerprint density at radius 3 is 2.75 bits per heavy atom. The van der Waals surface area contributed by atoms with Crippen LogP contribution in [0.4, 0.5) is 0 Å². The minimum Gasteiger partial charge on any atom is -0.875 e. The summed E-state index contributed by atoms with van der Waals surface area (Å²) in [6.07, 6.45) is 1.99. The van der Waals surface area contributed by atoms with E-state index in [1.54, 1.807) is 7.11 Å². The molecule has 0 aliphatic heterocycles. The second kappa shape index (κ2) is 4.39. The first-order chi connectivity index (χ1) is 7.70. The summed E-state index contributed by atoms with van der Waals surface area (Å²) >= 11 is 0. The van der Waals surface area contributed by atoms with Crippen LogP contribution in [0, 0.1) is 0 Å². The first kappa shape index (κ1) is 10.7. The van der Waals surface area contributed by atoms with Gasteiger partial charge < -0.3 is 9.84 Å². The molecule has 0 aromatic heterocycles. The van der Waals surface area contributed by atoms with Crippen LogP contribution in [0.25, 0.3) is 0 Å². The topological polar surface area (TPSA) is 49.4 Å². The second-order valence-corrected chi connectivity index (χ2v) is 3.92. The molecule has 2 rings (SSSR count). The lowest BCUT2D eigenvalue weighted by atomic mass is 9.86. The van der Waals surface area contributed by atoms with E-state index in [0.29, 0.717) is 12.8 Å². The molecule has 1 aromatic carbocycles. The predicted molar refractivity (Wildman–Crippen MR) is 58.1 cm³/mol. The van der Waals surface area contributed by atoms with Crippen molar-refractivity contribution < 1.29 is 14.6 Å². The van der Waals surface area contributed by atoms with Crippen LogP contribution in [0.3, 0.4) is 0 Å². The summed E-state index contributed by atoms with van der Waals surface area (Å²) in [6, 6.07) is 7.53. The van der Waals surface area contributed by atoms with E-state index in [-0.39, 0.29) is 17.5 Å². The van der Waals surface area contributed by atoms with Crippen LogP contribution in [0.2, 0.25) is 0 Å². The van der Waals surface area contributed by atoms with Gasteiger partial charge in [0.15, 0.2) is 5.78 Å². The number of carbonyl (C=O) groups excluding carboxylic acids is 1. The van der Waals surface area contributed by atoms with Gasteiger partial charge in [-0.2, -0.15) is 0 Å². The van der Waals surface area contributed by atoms with Gasteiger partial charge in [-0.25, -0.2) is 0 Å². The molecule has 1 aliphatic carbocycles. The number of benzene rings is 1. The largest absolute Gasteiger partial charge is 0.875 e. The molecule has 0 amide bonds. The highest BCUT2D eigenvalue weighted by atomic mass is 16.5. The van der Waals surface area contributed by atoms with Crippen molar-refractivity contribution >= 4 is 5.78 Å². The Kier molecular flexibility index (Phi) is 2.95. The third kappa shape index (κ3) is 2.08. The van der Waals surface area contributed by atoms with Crippen LogP contribution in [0.15, 0.2) is 36.1 Å². The number of hydrogen-bond acceptors (Lipinski definition) is 3. The number of carbonyl (C=O) groups is 1. The standard InChI is InChI=1S/C13H14O3/c1-16-13-5-3-2-4-12(13)9-6-10(14)8-11(15)7-9/h2-5,8-9,14H,6-7H2,1H3/p-1. The maximum absolute atomic E-state index is 11.3. The van der Waals surface area contributed by atoms with Crippen LogP contribution < -0.4 is 9.84 Å². The van der Waals surface area contributed by atoms with E-state index in [2.05, 4.69) is 0 Å². The number of allylic oxidation sites excluding steroid dienone is 2. The molecule has 0 N–H and O–H groups in total. The highest BCUT2D eigenvalue weighted by Crippen LogP contribution is 2.34. The van der Waals surface area contributed by atoms with E-state index in [0.717, 1.165) is 11.3 Å². The predicted octanol–water partition coefficient (Wildman–Crippen LogP) is 1.39. The van der Waals surface area contributed by atoms with Gasteiger partial charge >= 0.3 is 0 Å². The summed E-state index contributed by atoms with van der Waals surface area (Å²) in [4.78, 5) is 11.3. The van der Waals surface area contributed by atoms with Crippen molar-refractivity contribution in [3.63, 3.8) is 0 Å². The molecule has 1 aromatic rings. The van der Waals surface area contributed by atoms with E-state index in [9.17, 15) is 9.90 Å². The quantitative estimate of drug-likeness (QED) is 0.752. The molecular weight excluding hydrogens is 204 g/mol. The third-order valence-corrected chi connectivity index (χ3v) is 2.80. The van der Waals surface area contributed by atoms with Crippen LogP contribution >= 0.6 is 0 Å². The van der Waals surface area contributed by atoms with Gasteiger partial charge in [-0.3, -0.25) is 4.79 Å². The van der Waals surface area contributed by atoms with Crippen molar-refractivity contribution in [3.8, 4) is 5.75 Å². The van der Waals surface area contributed by atoms with Gasteiger partial charge in [0, 0.05) is 6.42 Å². The summed E-state index contributed by atoms with van der Waals surface area (Å²) in [7, 11) is 1.59. The van der Waals surface area contributed by atoms with E-state index in [1.807, 2.05) is 24.3 Å². The maximum Gasteiger partial charge on any atom is 0.155 e. The van der Waals surface area contributed by atoms with E-state index >= 15 is 0 Å². The average Bonchev–Trinajstić information content (AvgIpc) is 2.27. The highest BCUT2D eigenvalue weighted by molar-refractivity contribution is 5.91. The average molecular weight is 217 g/mol. The normalized spacial score (nSPS) is 20.4. The zero-order chi connectivity index (χ0) is 11.5. The zero-order valence-corrected chi connectivity index (χ0v) is 9.10. The number of rotatable bonds is 2. The van der Waals surface area contributed by atoms with Crippen LogP contribution in [-0.2, 0) is 4.79 Å². The number of ketones is 1. The van der Waals surface area contributed by atoms with Gasteiger partial charge in [-0.1, -0.05) is 18.2 Å². The molecule has 3 heteroatoms. The Morgan fingerprint density at radius 1 is 1.31 bits per heavy atom. The first-order valence-electron chi connectivity index (χ1n) is 5.24. The number of para-hydroxylation sites is 1. The smallest absolute Gasteiger partial charge is 0.155 e. The molecule has 1 atom stereocenters. The van der Waals surface area contributed by atoms with Crippen LogP contribution in [0.5, 0.6) is 5.75 Å². The molecule has 1 unspecified atom stereocenters. The van der Waals surface area contributed by atoms with Crippen LogP contribution in [0.1, 0.15) is 24.3 Å². The summed E-state index contributed by atoms with van der Waals surface area (Å²) in [5.41, 5.74) is 0.944. The fourth-order valence-electron chi connectivity index (χ4n) is 2.08. The van der Waals surface area contributed by atoms with E-state index < -0.39 is 0 Å². The lowest BCUT2D eigenvalue weighted by molar-refractivity contribution is -0.308. The van der Waals surface area contributed by atoms with Gasteiger partial charge in [-0.05, 0) is 30.0 Å². The van der Waals surface area contributed by atoms with Gasteiger partial charge in [0.05, 0.1) is 7.11 Å². The van der Waals surface area contributed by atoms with Crippen molar-refractivity contribution in [1.29, 1.82) is 0 Å². The Morgan fingerprint density at radius 2 is 2.06 bits per heavy atom. The Balaban J connectivity index is 2.31. The molecule has 0 bridgehead atoms. The molecule has 0 spiro atoms. The summed E-state index contributed by atoms with van der Waals surface area (Å²) < 4.78 is 5.24. The van der Waals surface area contributed by atoms with Gasteiger partial charge in [0.25, 0.3) is 0 Å². The third-order valence-electron chi connectivity index (χ3n) is 2.80. The summed E-state index contributed by atoms with van der Waals surface area (Å²) in [6.45, 7) is 0. The molecule has 0 saturated carbocycles. The molecule has 0 radical (unpaired) electrons. The minimum atomic E-state index is -0.0906. The molecular formula is C13H13O3-. The number of ether oxygens (including phenoxy) is 1. The zero-order valence-electron chi connectivity index (χ0n) is 9.10. The van der Waals surface area contributed by atoms with Crippen molar-refractivity contribution in [1.82, 2.24) is 0 Å². The second-order valence-electron chi connectivity index (χ2n) is 3.92. The van der Waals surface area contributed by atoms with Crippen molar-refractivity contribution in [3.05, 3.63) is 41.7 Å². The van der Waals surface area contributed by atoms with Crippen molar-refractivity contribution in [2.24, 2.45) is 0 Å². The van der Waals surface area contributed by atoms with Gasteiger partial charge in [0.2, 0.25) is 0 Å². The summed E-state index contributed by atoms with van der Waals surface area (Å²) in [5.74, 6) is 0.524. The Bertz CT molecular complexity index is 435. The fourth-order valence-corrected chi connectivity index (χ4v) is 2.08. The monoisotopic (exact) mass is 217 g/mol. The molecule has 3 nitrogen and oxygen atoms in total. The molecule has 0 heterocycles. The number of hydrogen-bond donors (Lipinski definition) is 0. The number of methoxy groups -OCH3 is 1. The van der Waals surface area contributed by atoms with E-state index in [4.69, 9.17) is 4.74 Å². The van der Waals surface area contributed by atoms with Gasteiger partial charge in [0.1, 0.15) is 5.75 Å². The first-order valence-corrected chi connectivity index (χ1v) is 5.24. The van der Waals surface area contributed by atoms with Crippen LogP contribution in [-0.4, -0.2) is 12.9 Å². The van der Waals surface area contributed by atoms with Gasteiger partial charge in [-0.15, -0.1) is 5.76 Å². The fraction of sp³-hybridized carbons (Fsp3) is 0.308. The molecule has 0 fully saturated rings. The molecule has 1 aliphatic rings. The lowest BCUT2D eigenvalue weighted by Gasteiger charge is -2.26. The lowest BCUT2D eigenvalue weighted by Crippen LogP contribution is -2.19. The molecule has 0 saturated heterocycles.